The second-order valence-electron chi connectivity index (χ2n) is 5.54. The van der Waals surface area contributed by atoms with Crippen LogP contribution in [0.1, 0.15) is 22.6 Å². The predicted molar refractivity (Wildman–Crippen MR) is 89.0 cm³/mol. The minimum atomic E-state index is -0.0633. The minimum Gasteiger partial charge on any atom is -0.361 e. The molecule has 0 unspecified atom stereocenters. The fraction of sp³-hybridized carbons (Fsp3) is 0.222. The second-order valence-corrected chi connectivity index (χ2v) is 5.54. The van der Waals surface area contributed by atoms with Crippen molar-refractivity contribution in [3.63, 3.8) is 0 Å². The summed E-state index contributed by atoms with van der Waals surface area (Å²) >= 11 is 0. The standard InChI is InChI=1S/C18H18N4O2/c1-12-16(13(2)24-22-12)10-18(23)21-11-14-3-8-20-17(9-14)15-4-6-19-7-5-15/h3-9H,10-11H2,1-2H3,(H,21,23). The molecule has 0 aliphatic carbocycles. The lowest BCUT2D eigenvalue weighted by atomic mass is 10.1. The first-order valence-electron chi connectivity index (χ1n) is 7.67. The van der Waals surface area contributed by atoms with E-state index in [0.29, 0.717) is 12.3 Å². The predicted octanol–water partition coefficient (Wildman–Crippen LogP) is 2.61. The molecule has 0 bridgehead atoms. The maximum atomic E-state index is 12.1. The fourth-order valence-corrected chi connectivity index (χ4v) is 2.44. The van der Waals surface area contributed by atoms with Gasteiger partial charge in [-0.2, -0.15) is 0 Å². The molecule has 0 saturated carbocycles. The average Bonchev–Trinajstić information content (AvgIpc) is 2.93. The number of pyridine rings is 2. The van der Waals surface area contributed by atoms with E-state index < -0.39 is 0 Å². The van der Waals surface area contributed by atoms with Gasteiger partial charge >= 0.3 is 0 Å². The van der Waals surface area contributed by atoms with Crippen molar-refractivity contribution >= 4 is 5.91 Å². The molecule has 0 fully saturated rings. The Balaban J connectivity index is 1.64. The van der Waals surface area contributed by atoms with E-state index >= 15 is 0 Å². The van der Waals surface area contributed by atoms with E-state index in [1.54, 1.807) is 18.6 Å². The van der Waals surface area contributed by atoms with Crippen molar-refractivity contribution < 1.29 is 9.32 Å². The molecular weight excluding hydrogens is 304 g/mol. The van der Waals surface area contributed by atoms with Gasteiger partial charge in [0.05, 0.1) is 17.8 Å². The lowest BCUT2D eigenvalue weighted by Crippen LogP contribution is -2.25. The molecule has 0 aliphatic heterocycles. The van der Waals surface area contributed by atoms with Crippen molar-refractivity contribution in [3.05, 3.63) is 65.4 Å². The molecule has 0 aromatic carbocycles. The molecule has 122 valence electrons. The first-order chi connectivity index (χ1) is 11.6. The van der Waals surface area contributed by atoms with Gasteiger partial charge in [-0.05, 0) is 43.7 Å². The Hall–Kier alpha value is -3.02. The zero-order valence-electron chi connectivity index (χ0n) is 13.6. The molecule has 3 aromatic heterocycles. The maximum absolute atomic E-state index is 12.1. The largest absolute Gasteiger partial charge is 0.361 e. The summed E-state index contributed by atoms with van der Waals surface area (Å²) in [4.78, 5) is 20.5. The number of hydrogen-bond acceptors (Lipinski definition) is 5. The smallest absolute Gasteiger partial charge is 0.224 e. The number of carbonyl (C=O) groups is 1. The lowest BCUT2D eigenvalue weighted by Gasteiger charge is -2.07. The Morgan fingerprint density at radius 2 is 1.96 bits per heavy atom. The van der Waals surface area contributed by atoms with Crippen molar-refractivity contribution in [2.45, 2.75) is 26.8 Å². The van der Waals surface area contributed by atoms with Crippen LogP contribution >= 0.6 is 0 Å². The van der Waals surface area contributed by atoms with E-state index in [1.807, 2.05) is 38.1 Å². The van der Waals surface area contributed by atoms with Gasteiger partial charge in [-0.1, -0.05) is 5.16 Å². The summed E-state index contributed by atoms with van der Waals surface area (Å²) in [5.41, 5.74) is 4.44. The molecule has 3 rings (SSSR count). The van der Waals surface area contributed by atoms with Crippen molar-refractivity contribution in [2.75, 3.05) is 0 Å². The van der Waals surface area contributed by atoms with Gasteiger partial charge in [-0.15, -0.1) is 0 Å². The summed E-state index contributed by atoms with van der Waals surface area (Å²) in [7, 11) is 0. The lowest BCUT2D eigenvalue weighted by molar-refractivity contribution is -0.120. The quantitative estimate of drug-likeness (QED) is 0.781. The minimum absolute atomic E-state index is 0.0633. The van der Waals surface area contributed by atoms with E-state index in [0.717, 1.165) is 28.1 Å². The van der Waals surface area contributed by atoms with Gasteiger partial charge in [0, 0.05) is 36.3 Å². The summed E-state index contributed by atoms with van der Waals surface area (Å²) in [6, 6.07) is 7.66. The number of aromatic nitrogens is 3. The molecule has 0 aliphatic rings. The molecule has 6 heteroatoms. The van der Waals surface area contributed by atoms with Gasteiger partial charge < -0.3 is 9.84 Å². The summed E-state index contributed by atoms with van der Waals surface area (Å²) < 4.78 is 5.08. The summed E-state index contributed by atoms with van der Waals surface area (Å²) in [5, 5.41) is 6.79. The van der Waals surface area contributed by atoms with Gasteiger partial charge in [0.1, 0.15) is 5.76 Å². The van der Waals surface area contributed by atoms with Crippen LogP contribution in [-0.4, -0.2) is 21.0 Å². The molecule has 0 atom stereocenters. The van der Waals surface area contributed by atoms with Crippen LogP contribution in [0, 0.1) is 13.8 Å². The van der Waals surface area contributed by atoms with Crippen LogP contribution in [0.4, 0.5) is 0 Å². The first-order valence-corrected chi connectivity index (χ1v) is 7.67. The van der Waals surface area contributed by atoms with Crippen molar-refractivity contribution in [1.29, 1.82) is 0 Å². The molecule has 0 radical (unpaired) electrons. The zero-order chi connectivity index (χ0) is 16.9. The van der Waals surface area contributed by atoms with Gasteiger partial charge in [0.25, 0.3) is 0 Å². The molecule has 24 heavy (non-hydrogen) atoms. The molecule has 1 N–H and O–H groups in total. The van der Waals surface area contributed by atoms with Crippen molar-refractivity contribution in [1.82, 2.24) is 20.4 Å². The highest BCUT2D eigenvalue weighted by Gasteiger charge is 2.13. The van der Waals surface area contributed by atoms with Crippen LogP contribution in [-0.2, 0) is 17.8 Å². The topological polar surface area (TPSA) is 80.9 Å². The third kappa shape index (κ3) is 3.65. The highest BCUT2D eigenvalue weighted by molar-refractivity contribution is 5.79. The Kier molecular flexibility index (Phi) is 4.65. The zero-order valence-corrected chi connectivity index (χ0v) is 13.6. The Morgan fingerprint density at radius 3 is 2.67 bits per heavy atom. The van der Waals surface area contributed by atoms with E-state index in [2.05, 4.69) is 20.4 Å². The van der Waals surface area contributed by atoms with Gasteiger partial charge in [0.2, 0.25) is 5.91 Å². The maximum Gasteiger partial charge on any atom is 0.224 e. The summed E-state index contributed by atoms with van der Waals surface area (Å²) in [6.45, 7) is 4.10. The van der Waals surface area contributed by atoms with E-state index in [9.17, 15) is 4.79 Å². The summed E-state index contributed by atoms with van der Waals surface area (Å²) in [6.07, 6.45) is 5.47. The van der Waals surface area contributed by atoms with E-state index in [1.165, 1.54) is 0 Å². The van der Waals surface area contributed by atoms with Crippen molar-refractivity contribution in [2.24, 2.45) is 0 Å². The molecule has 0 spiro atoms. The first kappa shape index (κ1) is 15.9. The number of nitrogens with zero attached hydrogens (tertiary/aromatic N) is 3. The average molecular weight is 322 g/mol. The molecule has 3 aromatic rings. The third-order valence-corrected chi connectivity index (χ3v) is 3.81. The Morgan fingerprint density at radius 1 is 1.17 bits per heavy atom. The van der Waals surface area contributed by atoms with Crippen LogP contribution in [0.5, 0.6) is 0 Å². The molecular formula is C18H18N4O2. The fourth-order valence-electron chi connectivity index (χ4n) is 2.44. The number of aryl methyl sites for hydroxylation is 2. The number of amides is 1. The van der Waals surface area contributed by atoms with E-state index in [4.69, 9.17) is 4.52 Å². The van der Waals surface area contributed by atoms with Crippen LogP contribution in [0.2, 0.25) is 0 Å². The van der Waals surface area contributed by atoms with Crippen molar-refractivity contribution in [3.8, 4) is 11.3 Å². The van der Waals surface area contributed by atoms with Crippen LogP contribution < -0.4 is 5.32 Å². The number of nitrogens with one attached hydrogen (secondary N) is 1. The Labute approximate surface area is 139 Å². The molecule has 6 nitrogen and oxygen atoms in total. The summed E-state index contributed by atoms with van der Waals surface area (Å²) in [5.74, 6) is 0.623. The second kappa shape index (κ2) is 7.04. The van der Waals surface area contributed by atoms with Gasteiger partial charge in [-0.3, -0.25) is 14.8 Å². The number of carbonyl (C=O) groups excluding carboxylic acids is 1. The van der Waals surface area contributed by atoms with Gasteiger partial charge in [0.15, 0.2) is 0 Å². The SMILES string of the molecule is Cc1noc(C)c1CC(=O)NCc1ccnc(-c2ccncc2)c1. The van der Waals surface area contributed by atoms with Crippen LogP contribution in [0.25, 0.3) is 11.3 Å². The Bertz CT molecular complexity index is 824. The number of hydrogen-bond donors (Lipinski definition) is 1. The molecule has 0 saturated heterocycles. The molecule has 3 heterocycles. The third-order valence-electron chi connectivity index (χ3n) is 3.81. The van der Waals surface area contributed by atoms with Gasteiger partial charge in [-0.25, -0.2) is 0 Å². The van der Waals surface area contributed by atoms with E-state index in [-0.39, 0.29) is 12.3 Å². The monoisotopic (exact) mass is 322 g/mol. The van der Waals surface area contributed by atoms with Crippen LogP contribution in [0.15, 0.2) is 47.4 Å². The highest BCUT2D eigenvalue weighted by Crippen LogP contribution is 2.17. The van der Waals surface area contributed by atoms with Crippen LogP contribution in [0.3, 0.4) is 0 Å². The number of rotatable bonds is 5. The highest BCUT2D eigenvalue weighted by atomic mass is 16.5. The normalized spacial score (nSPS) is 10.6. The molecule has 1 amide bonds.